The van der Waals surface area contributed by atoms with E-state index in [2.05, 4.69) is 10.1 Å². The topological polar surface area (TPSA) is 77.1 Å². The molecule has 1 heterocycles. The standard InChI is InChI=1S/C12H12F3N5O2/c1-18(6-11-16-7-17-19(11)2)8-3-4-10(20(21)22)9(5-8)12(13,14)15/h3-5,7H,6H2,1-2H3. The fourth-order valence-electron chi connectivity index (χ4n) is 1.91. The van der Waals surface area contributed by atoms with Gasteiger partial charge in [-0.25, -0.2) is 4.98 Å². The maximum atomic E-state index is 12.9. The van der Waals surface area contributed by atoms with Crippen molar-refractivity contribution in [2.45, 2.75) is 12.7 Å². The summed E-state index contributed by atoms with van der Waals surface area (Å²) in [5, 5.41) is 14.6. The molecular weight excluding hydrogens is 303 g/mol. The summed E-state index contributed by atoms with van der Waals surface area (Å²) < 4.78 is 40.3. The van der Waals surface area contributed by atoms with E-state index in [4.69, 9.17) is 0 Å². The molecule has 0 spiro atoms. The third kappa shape index (κ3) is 3.15. The van der Waals surface area contributed by atoms with Crippen molar-refractivity contribution in [3.05, 3.63) is 46.0 Å². The number of rotatable bonds is 4. The van der Waals surface area contributed by atoms with Gasteiger partial charge in [-0.2, -0.15) is 18.3 Å². The lowest BCUT2D eigenvalue weighted by molar-refractivity contribution is -0.388. The second kappa shape index (κ2) is 5.62. The Morgan fingerprint density at radius 2 is 2.09 bits per heavy atom. The highest BCUT2D eigenvalue weighted by Crippen LogP contribution is 2.38. The maximum Gasteiger partial charge on any atom is 0.423 e. The molecule has 0 unspecified atom stereocenters. The molecule has 22 heavy (non-hydrogen) atoms. The molecule has 0 radical (unpaired) electrons. The number of anilines is 1. The Bertz CT molecular complexity index is 698. The Kier molecular flexibility index (Phi) is 4.02. The molecule has 0 bridgehead atoms. The second-order valence-corrected chi connectivity index (χ2v) is 4.61. The van der Waals surface area contributed by atoms with E-state index in [0.29, 0.717) is 5.82 Å². The minimum Gasteiger partial charge on any atom is -0.367 e. The third-order valence-electron chi connectivity index (χ3n) is 3.11. The predicted octanol–water partition coefficient (Wildman–Crippen LogP) is 2.38. The Morgan fingerprint density at radius 3 is 2.59 bits per heavy atom. The Balaban J connectivity index is 2.36. The Morgan fingerprint density at radius 1 is 1.41 bits per heavy atom. The summed E-state index contributed by atoms with van der Waals surface area (Å²) in [6, 6.07) is 2.88. The van der Waals surface area contributed by atoms with Crippen LogP contribution in [0.25, 0.3) is 0 Å². The molecule has 2 aromatic rings. The van der Waals surface area contributed by atoms with Gasteiger partial charge in [0.25, 0.3) is 5.69 Å². The number of nitro benzene ring substituents is 1. The van der Waals surface area contributed by atoms with Crippen LogP contribution < -0.4 is 4.90 Å². The first-order chi connectivity index (χ1) is 10.2. The van der Waals surface area contributed by atoms with Crippen LogP contribution in [0.4, 0.5) is 24.5 Å². The highest BCUT2D eigenvalue weighted by atomic mass is 19.4. The molecule has 7 nitrogen and oxygen atoms in total. The van der Waals surface area contributed by atoms with Crippen molar-refractivity contribution in [3.63, 3.8) is 0 Å². The molecule has 2 rings (SSSR count). The maximum absolute atomic E-state index is 12.9. The van der Waals surface area contributed by atoms with Gasteiger partial charge in [-0.1, -0.05) is 0 Å². The number of aromatic nitrogens is 3. The molecule has 118 valence electrons. The van der Waals surface area contributed by atoms with Crippen LogP contribution in [0.15, 0.2) is 24.5 Å². The van der Waals surface area contributed by atoms with Crippen LogP contribution in [-0.4, -0.2) is 26.7 Å². The summed E-state index contributed by atoms with van der Waals surface area (Å²) in [5.41, 5.74) is -2.05. The molecular formula is C12H12F3N5O2. The van der Waals surface area contributed by atoms with Gasteiger partial charge in [0.15, 0.2) is 0 Å². The quantitative estimate of drug-likeness (QED) is 0.639. The molecule has 0 aliphatic heterocycles. The van der Waals surface area contributed by atoms with Crippen LogP contribution in [0.3, 0.4) is 0 Å². The summed E-state index contributed by atoms with van der Waals surface area (Å²) >= 11 is 0. The predicted molar refractivity (Wildman–Crippen MR) is 71.2 cm³/mol. The monoisotopic (exact) mass is 315 g/mol. The Labute approximate surface area is 123 Å². The SMILES string of the molecule is CN(Cc1ncnn1C)c1ccc([N+](=O)[O-])c(C(F)(F)F)c1. The largest absolute Gasteiger partial charge is 0.423 e. The minimum absolute atomic E-state index is 0.195. The number of halogens is 3. The van der Waals surface area contributed by atoms with Gasteiger partial charge in [0, 0.05) is 25.8 Å². The summed E-state index contributed by atoms with van der Waals surface area (Å²) in [5.74, 6) is 0.550. The molecule has 1 aromatic heterocycles. The molecule has 0 saturated carbocycles. The van der Waals surface area contributed by atoms with Crippen LogP contribution in [0.1, 0.15) is 11.4 Å². The zero-order valence-corrected chi connectivity index (χ0v) is 11.7. The molecule has 0 fully saturated rings. The lowest BCUT2D eigenvalue weighted by atomic mass is 10.1. The number of hydrogen-bond donors (Lipinski definition) is 0. The number of benzene rings is 1. The minimum atomic E-state index is -4.80. The van der Waals surface area contributed by atoms with Gasteiger partial charge in [0.05, 0.1) is 11.5 Å². The number of nitro groups is 1. The summed E-state index contributed by atoms with van der Waals surface area (Å²) in [6.45, 7) is 0.214. The lowest BCUT2D eigenvalue weighted by Gasteiger charge is -2.20. The molecule has 0 saturated heterocycles. The zero-order chi connectivity index (χ0) is 16.5. The number of hydrogen-bond acceptors (Lipinski definition) is 5. The van der Waals surface area contributed by atoms with Gasteiger partial charge in [0.2, 0.25) is 0 Å². The summed E-state index contributed by atoms with van der Waals surface area (Å²) in [7, 11) is 3.23. The fourth-order valence-corrected chi connectivity index (χ4v) is 1.91. The molecule has 10 heteroatoms. The number of alkyl halides is 3. The molecule has 0 atom stereocenters. The smallest absolute Gasteiger partial charge is 0.367 e. The number of nitrogens with zero attached hydrogens (tertiary/aromatic N) is 5. The van der Waals surface area contributed by atoms with Crippen LogP contribution in [0, 0.1) is 10.1 Å². The van der Waals surface area contributed by atoms with E-state index in [-0.39, 0.29) is 12.2 Å². The molecule has 1 aromatic carbocycles. The first-order valence-electron chi connectivity index (χ1n) is 6.10. The second-order valence-electron chi connectivity index (χ2n) is 4.61. The van der Waals surface area contributed by atoms with E-state index in [1.54, 1.807) is 14.1 Å². The van der Waals surface area contributed by atoms with Crippen molar-refractivity contribution in [1.82, 2.24) is 14.8 Å². The van der Waals surface area contributed by atoms with E-state index in [9.17, 15) is 23.3 Å². The van der Waals surface area contributed by atoms with Crippen molar-refractivity contribution < 1.29 is 18.1 Å². The summed E-state index contributed by atoms with van der Waals surface area (Å²) in [6.07, 6.45) is -3.47. The van der Waals surface area contributed by atoms with Crippen molar-refractivity contribution >= 4 is 11.4 Å². The molecule has 0 aliphatic carbocycles. The average Bonchev–Trinajstić information content (AvgIpc) is 2.82. The Hall–Kier alpha value is -2.65. The molecule has 0 amide bonds. The van der Waals surface area contributed by atoms with Crippen molar-refractivity contribution in [2.24, 2.45) is 7.05 Å². The molecule has 0 aliphatic rings. The highest BCUT2D eigenvalue weighted by molar-refractivity contribution is 5.56. The van der Waals surface area contributed by atoms with Gasteiger partial charge in [-0.3, -0.25) is 14.8 Å². The molecule has 0 N–H and O–H groups in total. The van der Waals surface area contributed by atoms with Crippen LogP contribution in [0.5, 0.6) is 0 Å². The van der Waals surface area contributed by atoms with Crippen molar-refractivity contribution in [2.75, 3.05) is 11.9 Å². The van der Waals surface area contributed by atoms with E-state index in [1.165, 1.54) is 22.0 Å². The van der Waals surface area contributed by atoms with Crippen molar-refractivity contribution in [3.8, 4) is 0 Å². The van der Waals surface area contributed by atoms with E-state index in [1.807, 2.05) is 0 Å². The van der Waals surface area contributed by atoms with Crippen LogP contribution >= 0.6 is 0 Å². The van der Waals surface area contributed by atoms with Gasteiger partial charge >= 0.3 is 6.18 Å². The highest BCUT2D eigenvalue weighted by Gasteiger charge is 2.38. The third-order valence-corrected chi connectivity index (χ3v) is 3.11. The van der Waals surface area contributed by atoms with E-state index < -0.39 is 22.4 Å². The normalized spacial score (nSPS) is 11.5. The first-order valence-corrected chi connectivity index (χ1v) is 6.10. The van der Waals surface area contributed by atoms with E-state index in [0.717, 1.165) is 12.1 Å². The van der Waals surface area contributed by atoms with Crippen molar-refractivity contribution in [1.29, 1.82) is 0 Å². The van der Waals surface area contributed by atoms with Gasteiger partial charge in [-0.15, -0.1) is 0 Å². The van der Waals surface area contributed by atoms with Gasteiger partial charge in [-0.05, 0) is 12.1 Å². The van der Waals surface area contributed by atoms with Gasteiger partial charge in [0.1, 0.15) is 17.7 Å². The van der Waals surface area contributed by atoms with Gasteiger partial charge < -0.3 is 4.90 Å². The van der Waals surface area contributed by atoms with E-state index >= 15 is 0 Å². The summed E-state index contributed by atoms with van der Waals surface area (Å²) in [4.78, 5) is 15.2. The average molecular weight is 315 g/mol. The lowest BCUT2D eigenvalue weighted by Crippen LogP contribution is -2.20. The zero-order valence-electron chi connectivity index (χ0n) is 11.7. The van der Waals surface area contributed by atoms with Crippen LogP contribution in [-0.2, 0) is 19.8 Å². The number of aryl methyl sites for hydroxylation is 1. The van der Waals surface area contributed by atoms with Crippen LogP contribution in [0.2, 0.25) is 0 Å². The first kappa shape index (κ1) is 15.7. The fraction of sp³-hybridized carbons (Fsp3) is 0.333.